The molecule has 2 N–H and O–H groups in total. The van der Waals surface area contributed by atoms with Crippen LogP contribution in [0.3, 0.4) is 0 Å². The molecule has 1 aromatic carbocycles. The zero-order chi connectivity index (χ0) is 13.4. The third-order valence-corrected chi connectivity index (χ3v) is 3.51. The van der Waals surface area contributed by atoms with E-state index in [0.717, 1.165) is 5.56 Å². The molecule has 5 nitrogen and oxygen atoms in total. The molecule has 0 aliphatic carbocycles. The first-order valence-electron chi connectivity index (χ1n) is 5.50. The predicted molar refractivity (Wildman–Crippen MR) is 75.3 cm³/mol. The Morgan fingerprint density at radius 2 is 1.95 bits per heavy atom. The Morgan fingerprint density at radius 1 is 1.11 bits per heavy atom. The lowest BCUT2D eigenvalue weighted by Gasteiger charge is -2.05. The molecule has 3 aromatic rings. The van der Waals surface area contributed by atoms with E-state index in [1.807, 2.05) is 16.7 Å². The fourth-order valence-corrected chi connectivity index (χ4v) is 2.17. The summed E-state index contributed by atoms with van der Waals surface area (Å²) in [6.45, 7) is 0.587. The maximum absolute atomic E-state index is 5.99. The van der Waals surface area contributed by atoms with Gasteiger partial charge in [0.15, 0.2) is 11.5 Å². The zero-order valence-electron chi connectivity index (χ0n) is 9.72. The van der Waals surface area contributed by atoms with Crippen molar-refractivity contribution in [1.29, 1.82) is 0 Å². The fourth-order valence-electron chi connectivity index (χ4n) is 1.85. The molecular formula is C12H9Cl2N5. The predicted octanol–water partition coefficient (Wildman–Crippen LogP) is 2.76. The number of nitrogens with zero attached hydrogens (tertiary/aromatic N) is 4. The first kappa shape index (κ1) is 12.2. The third kappa shape index (κ3) is 2.22. The minimum atomic E-state index is 0.373. The van der Waals surface area contributed by atoms with Crippen LogP contribution in [0.25, 0.3) is 11.2 Å². The molecule has 3 rings (SSSR count). The highest BCUT2D eigenvalue weighted by Crippen LogP contribution is 2.23. The molecule has 0 saturated heterocycles. The Balaban J connectivity index is 2.01. The number of halogens is 2. The number of benzene rings is 1. The minimum Gasteiger partial charge on any atom is -0.382 e. The molecular weight excluding hydrogens is 285 g/mol. The summed E-state index contributed by atoms with van der Waals surface area (Å²) in [5.74, 6) is 0.373. The first-order chi connectivity index (χ1) is 9.15. The number of nitrogens with two attached hydrogens (primary N) is 1. The zero-order valence-corrected chi connectivity index (χ0v) is 11.2. The average Bonchev–Trinajstić information content (AvgIpc) is 2.79. The van der Waals surface area contributed by atoms with Crippen molar-refractivity contribution in [2.75, 3.05) is 5.73 Å². The number of anilines is 1. The minimum absolute atomic E-state index is 0.373. The van der Waals surface area contributed by atoms with Gasteiger partial charge in [0.2, 0.25) is 0 Å². The quantitative estimate of drug-likeness (QED) is 0.789. The lowest BCUT2D eigenvalue weighted by Crippen LogP contribution is -2.00. The first-order valence-corrected chi connectivity index (χ1v) is 6.26. The topological polar surface area (TPSA) is 69.6 Å². The molecule has 96 valence electrons. The van der Waals surface area contributed by atoms with Crippen LogP contribution < -0.4 is 5.73 Å². The molecule has 0 amide bonds. The molecule has 0 unspecified atom stereocenters. The smallest absolute Gasteiger partial charge is 0.165 e. The van der Waals surface area contributed by atoms with Crippen LogP contribution >= 0.6 is 23.2 Å². The third-order valence-electron chi connectivity index (χ3n) is 2.77. The number of fused-ring (bicyclic) bond motifs is 1. The summed E-state index contributed by atoms with van der Waals surface area (Å²) >= 11 is 11.9. The van der Waals surface area contributed by atoms with Gasteiger partial charge < -0.3 is 10.3 Å². The molecule has 0 saturated carbocycles. The second kappa shape index (κ2) is 4.68. The van der Waals surface area contributed by atoms with Crippen LogP contribution in [0.4, 0.5) is 5.82 Å². The van der Waals surface area contributed by atoms with Gasteiger partial charge in [0.05, 0.1) is 22.9 Å². The van der Waals surface area contributed by atoms with Crippen molar-refractivity contribution < 1.29 is 0 Å². The van der Waals surface area contributed by atoms with Crippen molar-refractivity contribution >= 4 is 40.2 Å². The van der Waals surface area contributed by atoms with E-state index in [9.17, 15) is 0 Å². The molecule has 2 aromatic heterocycles. The van der Waals surface area contributed by atoms with E-state index in [-0.39, 0.29) is 0 Å². The van der Waals surface area contributed by atoms with Crippen LogP contribution in [0, 0.1) is 0 Å². The van der Waals surface area contributed by atoms with Gasteiger partial charge in [0.1, 0.15) is 11.8 Å². The van der Waals surface area contributed by atoms with Gasteiger partial charge in [-0.1, -0.05) is 29.3 Å². The molecule has 0 fully saturated rings. The number of nitrogen functional groups attached to an aromatic ring is 1. The Labute approximate surface area is 119 Å². The van der Waals surface area contributed by atoms with Gasteiger partial charge in [-0.3, -0.25) is 0 Å². The Hall–Kier alpha value is -1.85. The summed E-state index contributed by atoms with van der Waals surface area (Å²) < 4.78 is 1.88. The number of rotatable bonds is 2. The Kier molecular flexibility index (Phi) is 3.00. The monoisotopic (exact) mass is 293 g/mol. The molecule has 0 atom stereocenters. The standard InChI is InChI=1S/C12H9Cl2N5/c13-8-2-1-7(3-9(8)14)4-19-6-18-10-11(15)16-5-17-12(10)19/h1-3,5-6H,4H2,(H2,15,16,17). The molecule has 0 aliphatic heterocycles. The summed E-state index contributed by atoms with van der Waals surface area (Å²) in [6, 6.07) is 5.49. The van der Waals surface area contributed by atoms with Crippen molar-refractivity contribution in [3.63, 3.8) is 0 Å². The highest BCUT2D eigenvalue weighted by molar-refractivity contribution is 6.42. The molecule has 0 aliphatic rings. The number of aromatic nitrogens is 4. The Bertz CT molecular complexity index is 753. The second-order valence-electron chi connectivity index (χ2n) is 4.05. The van der Waals surface area contributed by atoms with Crippen molar-refractivity contribution in [3.05, 3.63) is 46.5 Å². The molecule has 0 spiro atoms. The van der Waals surface area contributed by atoms with Gasteiger partial charge in [-0.25, -0.2) is 15.0 Å². The van der Waals surface area contributed by atoms with Crippen molar-refractivity contribution in [3.8, 4) is 0 Å². The normalized spacial score (nSPS) is 11.1. The van der Waals surface area contributed by atoms with Gasteiger partial charge in [0, 0.05) is 0 Å². The van der Waals surface area contributed by atoms with Gasteiger partial charge >= 0.3 is 0 Å². The number of hydrogen-bond acceptors (Lipinski definition) is 4. The van der Waals surface area contributed by atoms with Crippen molar-refractivity contribution in [2.45, 2.75) is 6.54 Å². The number of imidazole rings is 1. The second-order valence-corrected chi connectivity index (χ2v) is 4.87. The highest BCUT2D eigenvalue weighted by Gasteiger charge is 2.08. The molecule has 2 heterocycles. The summed E-state index contributed by atoms with van der Waals surface area (Å²) in [5.41, 5.74) is 8.04. The van der Waals surface area contributed by atoms with Crippen molar-refractivity contribution in [1.82, 2.24) is 19.5 Å². The van der Waals surface area contributed by atoms with E-state index in [0.29, 0.717) is 33.6 Å². The average molecular weight is 294 g/mol. The van der Waals surface area contributed by atoms with E-state index >= 15 is 0 Å². The summed E-state index contributed by atoms with van der Waals surface area (Å²) in [6.07, 6.45) is 3.10. The van der Waals surface area contributed by atoms with E-state index in [1.165, 1.54) is 6.33 Å². The van der Waals surface area contributed by atoms with Crippen molar-refractivity contribution in [2.24, 2.45) is 0 Å². The largest absolute Gasteiger partial charge is 0.382 e. The van der Waals surface area contributed by atoms with Gasteiger partial charge in [-0.15, -0.1) is 0 Å². The maximum atomic E-state index is 5.99. The van der Waals surface area contributed by atoms with Gasteiger partial charge in [-0.2, -0.15) is 0 Å². The maximum Gasteiger partial charge on any atom is 0.165 e. The van der Waals surface area contributed by atoms with Crippen LogP contribution in [-0.4, -0.2) is 19.5 Å². The van der Waals surface area contributed by atoms with E-state index in [4.69, 9.17) is 28.9 Å². The van der Waals surface area contributed by atoms with Gasteiger partial charge in [-0.05, 0) is 17.7 Å². The molecule has 7 heteroatoms. The van der Waals surface area contributed by atoms with Crippen LogP contribution in [-0.2, 0) is 6.54 Å². The lowest BCUT2D eigenvalue weighted by molar-refractivity contribution is 0.813. The van der Waals surface area contributed by atoms with E-state index < -0.39 is 0 Å². The summed E-state index contributed by atoms with van der Waals surface area (Å²) in [7, 11) is 0. The molecule has 0 radical (unpaired) electrons. The Morgan fingerprint density at radius 3 is 2.74 bits per heavy atom. The highest BCUT2D eigenvalue weighted by atomic mass is 35.5. The van der Waals surface area contributed by atoms with Crippen LogP contribution in [0.15, 0.2) is 30.9 Å². The van der Waals surface area contributed by atoms with Gasteiger partial charge in [0.25, 0.3) is 0 Å². The number of hydrogen-bond donors (Lipinski definition) is 1. The summed E-state index contributed by atoms with van der Waals surface area (Å²) in [5, 5.41) is 1.06. The van der Waals surface area contributed by atoms with Crippen LogP contribution in [0.1, 0.15) is 5.56 Å². The molecule has 19 heavy (non-hydrogen) atoms. The summed E-state index contributed by atoms with van der Waals surface area (Å²) in [4.78, 5) is 12.3. The fraction of sp³-hybridized carbons (Fsp3) is 0.0833. The van der Waals surface area contributed by atoms with Crippen LogP contribution in [0.5, 0.6) is 0 Å². The van der Waals surface area contributed by atoms with E-state index in [1.54, 1.807) is 12.4 Å². The van der Waals surface area contributed by atoms with E-state index in [2.05, 4.69) is 15.0 Å². The SMILES string of the molecule is Nc1ncnc2c1ncn2Cc1ccc(Cl)c(Cl)c1. The lowest BCUT2D eigenvalue weighted by atomic mass is 10.2. The molecule has 0 bridgehead atoms. The van der Waals surface area contributed by atoms with Crippen LogP contribution in [0.2, 0.25) is 10.0 Å².